The molecule has 0 unspecified atom stereocenters. The molecule has 1 atom stereocenters. The van der Waals surface area contributed by atoms with Crippen molar-refractivity contribution in [3.05, 3.63) is 125 Å². The van der Waals surface area contributed by atoms with Crippen molar-refractivity contribution in [2.45, 2.75) is 25.4 Å². The number of amidine groups is 1. The van der Waals surface area contributed by atoms with Gasteiger partial charge < -0.3 is 28.8 Å². The number of nitrogens with zero attached hydrogens (tertiary/aromatic N) is 1. The molecule has 6 rings (SSSR count). The van der Waals surface area contributed by atoms with Gasteiger partial charge in [-0.2, -0.15) is 0 Å². The van der Waals surface area contributed by atoms with Crippen LogP contribution in [-0.2, 0) is 19.6 Å². The van der Waals surface area contributed by atoms with Crippen molar-refractivity contribution >= 4 is 18.6 Å². The van der Waals surface area contributed by atoms with E-state index in [9.17, 15) is 8.78 Å². The highest BCUT2D eigenvalue weighted by Gasteiger charge is 2.48. The van der Waals surface area contributed by atoms with Gasteiger partial charge in [0.15, 0.2) is 0 Å². The molecule has 0 aliphatic carbocycles. The molecular formula is C38H39BF4N2O5. The molecular weight excluding hydrogens is 651 g/mol. The van der Waals surface area contributed by atoms with Crippen LogP contribution < -0.4 is 20.3 Å². The first-order valence-corrected chi connectivity index (χ1v) is 16.3. The molecule has 0 spiro atoms. The molecule has 1 saturated heterocycles. The minimum absolute atomic E-state index is 0.0881. The Morgan fingerprint density at radius 3 is 1.84 bits per heavy atom. The number of ether oxygens (including phenoxy) is 3. The van der Waals surface area contributed by atoms with Gasteiger partial charge in [0, 0.05) is 35.7 Å². The van der Waals surface area contributed by atoms with Gasteiger partial charge in [0.05, 0.1) is 25.7 Å². The van der Waals surface area contributed by atoms with Crippen molar-refractivity contribution in [3.8, 4) is 11.5 Å². The first-order chi connectivity index (χ1) is 24.1. The quantitative estimate of drug-likeness (QED) is 0.114. The molecule has 0 amide bonds. The molecule has 50 heavy (non-hydrogen) atoms. The summed E-state index contributed by atoms with van der Waals surface area (Å²) in [5, 5.41) is 3.45. The van der Waals surface area contributed by atoms with Crippen molar-refractivity contribution in [1.82, 2.24) is 5.32 Å². The van der Waals surface area contributed by atoms with Gasteiger partial charge in [-0.25, -0.2) is 13.8 Å². The molecule has 2 aliphatic heterocycles. The average molecular weight is 691 g/mol. The molecule has 4 aromatic rings. The van der Waals surface area contributed by atoms with Crippen LogP contribution >= 0.6 is 0 Å². The Balaban J connectivity index is 1.51. The van der Waals surface area contributed by atoms with E-state index in [4.69, 9.17) is 23.5 Å². The Bertz CT molecular complexity index is 1750. The molecule has 262 valence electrons. The highest BCUT2D eigenvalue weighted by molar-refractivity contribution is 6.61. The van der Waals surface area contributed by atoms with Gasteiger partial charge in [-0.05, 0) is 41.0 Å². The molecule has 1 fully saturated rings. The molecule has 1 N–H and O–H groups in total. The summed E-state index contributed by atoms with van der Waals surface area (Å²) in [5.41, 5.74) is -1.44. The molecule has 4 aromatic carbocycles. The summed E-state index contributed by atoms with van der Waals surface area (Å²) in [5.74, 6) is -0.657. The summed E-state index contributed by atoms with van der Waals surface area (Å²) in [6.45, 7) is 1.49. The van der Waals surface area contributed by atoms with Crippen LogP contribution in [0.25, 0.3) is 0 Å². The number of hydrogen-bond acceptors (Lipinski definition) is 7. The Hall–Kier alpha value is -4.55. The van der Waals surface area contributed by atoms with E-state index < -0.39 is 55.7 Å². The number of hydrogen-bond donors (Lipinski definition) is 1. The lowest BCUT2D eigenvalue weighted by molar-refractivity contribution is 0.0266. The van der Waals surface area contributed by atoms with E-state index in [1.807, 2.05) is 92.7 Å². The predicted octanol–water partition coefficient (Wildman–Crippen LogP) is 6.68. The first-order valence-electron chi connectivity index (χ1n) is 16.3. The molecule has 0 saturated carbocycles. The number of halogens is 4. The number of aliphatic imine (C=N–C) groups is 1. The highest BCUT2D eigenvalue weighted by atomic mass is 19.1. The molecule has 2 aliphatic rings. The Morgan fingerprint density at radius 1 is 0.780 bits per heavy atom. The Labute approximate surface area is 289 Å². The summed E-state index contributed by atoms with van der Waals surface area (Å²) in [4.78, 5) is 4.69. The fourth-order valence-electron chi connectivity index (χ4n) is 6.40. The van der Waals surface area contributed by atoms with Gasteiger partial charge >= 0.3 is 7.12 Å². The Morgan fingerprint density at radius 2 is 1.32 bits per heavy atom. The summed E-state index contributed by atoms with van der Waals surface area (Å²) in [6.07, 6.45) is 0. The SMILES string of the molecule is COc1ccc(C(NC2=N[C@@H](c3cc(B4OCC(C)(C)CO4)c(F)cc3F)C(CF)(CF)CO2)(c2ccccc2)c2ccc(OC)cc2)cc1. The van der Waals surface area contributed by atoms with Gasteiger partial charge in [0.2, 0.25) is 0 Å². The Kier molecular flexibility index (Phi) is 10.1. The maximum absolute atomic E-state index is 15.8. The zero-order valence-electron chi connectivity index (χ0n) is 28.4. The van der Waals surface area contributed by atoms with Crippen molar-refractivity contribution < 1.29 is 41.1 Å². The van der Waals surface area contributed by atoms with Crippen molar-refractivity contribution in [1.29, 1.82) is 0 Å². The van der Waals surface area contributed by atoms with Crippen LogP contribution in [0.5, 0.6) is 11.5 Å². The molecule has 2 heterocycles. The number of methoxy groups -OCH3 is 2. The third-order valence-electron chi connectivity index (χ3n) is 9.32. The van der Waals surface area contributed by atoms with Crippen LogP contribution in [0.15, 0.2) is 96.0 Å². The number of alkyl halides is 2. The van der Waals surface area contributed by atoms with Crippen molar-refractivity contribution in [2.24, 2.45) is 15.8 Å². The van der Waals surface area contributed by atoms with Gasteiger partial charge in [0.25, 0.3) is 6.02 Å². The predicted molar refractivity (Wildman–Crippen MR) is 183 cm³/mol. The fraction of sp³-hybridized carbons (Fsp3) is 0.342. The lowest BCUT2D eigenvalue weighted by atomic mass is 9.72. The number of rotatable bonds is 10. The summed E-state index contributed by atoms with van der Waals surface area (Å²) >= 11 is 0. The number of nitrogens with one attached hydrogen (secondary N) is 1. The molecule has 0 radical (unpaired) electrons. The average Bonchev–Trinajstić information content (AvgIpc) is 3.15. The van der Waals surface area contributed by atoms with Crippen LogP contribution in [-0.4, -0.2) is 60.5 Å². The summed E-state index contributed by atoms with van der Waals surface area (Å²) in [6, 6.07) is 24.6. The maximum atomic E-state index is 15.8. The second kappa shape index (κ2) is 14.4. The maximum Gasteiger partial charge on any atom is 0.496 e. The van der Waals surface area contributed by atoms with Crippen molar-refractivity contribution in [3.63, 3.8) is 0 Å². The van der Waals surface area contributed by atoms with E-state index >= 15 is 8.78 Å². The minimum atomic E-state index is -1.90. The van der Waals surface area contributed by atoms with Crippen LogP contribution in [0, 0.1) is 22.5 Å². The molecule has 7 nitrogen and oxygen atoms in total. The largest absolute Gasteiger partial charge is 0.497 e. The molecule has 12 heteroatoms. The van der Waals surface area contributed by atoms with E-state index in [1.165, 1.54) is 6.07 Å². The second-order valence-corrected chi connectivity index (χ2v) is 13.5. The summed E-state index contributed by atoms with van der Waals surface area (Å²) in [7, 11) is 2.01. The lowest BCUT2D eigenvalue weighted by Crippen LogP contribution is -2.53. The normalized spacial score (nSPS) is 18.5. The lowest BCUT2D eigenvalue weighted by Gasteiger charge is -2.42. The van der Waals surface area contributed by atoms with Crippen LogP contribution in [0.4, 0.5) is 17.6 Å². The van der Waals surface area contributed by atoms with Gasteiger partial charge in [-0.1, -0.05) is 74.5 Å². The standard InChI is InChI=1S/C38H39BF4N2O5/c1-36(2)22-49-39(50-23-36)31-18-30(32(42)19-33(31)43)34-37(20-40,21-41)24-48-35(44-34)45-38(25-8-6-5-7-9-25,26-10-14-28(46-3)15-11-26)27-12-16-29(47-4)17-13-27/h5-19,34H,20-24H2,1-4H3,(H,44,45)/t34-/m0/s1. The highest BCUT2D eigenvalue weighted by Crippen LogP contribution is 2.44. The topological polar surface area (TPSA) is 70.5 Å². The van der Waals surface area contributed by atoms with Gasteiger partial charge in [-0.15, -0.1) is 0 Å². The van der Waals surface area contributed by atoms with Crippen LogP contribution in [0.2, 0.25) is 0 Å². The molecule has 0 aromatic heterocycles. The van der Waals surface area contributed by atoms with E-state index in [0.29, 0.717) is 17.6 Å². The fourth-order valence-corrected chi connectivity index (χ4v) is 6.40. The first kappa shape index (κ1) is 35.3. The van der Waals surface area contributed by atoms with Crippen LogP contribution in [0.1, 0.15) is 42.1 Å². The van der Waals surface area contributed by atoms with E-state index in [-0.39, 0.29) is 35.7 Å². The van der Waals surface area contributed by atoms with E-state index in [2.05, 4.69) is 10.3 Å². The van der Waals surface area contributed by atoms with Crippen LogP contribution in [0.3, 0.4) is 0 Å². The zero-order valence-corrected chi connectivity index (χ0v) is 28.4. The van der Waals surface area contributed by atoms with Crippen molar-refractivity contribution in [2.75, 3.05) is 47.4 Å². The zero-order chi connectivity index (χ0) is 35.5. The van der Waals surface area contributed by atoms with E-state index in [1.54, 1.807) is 14.2 Å². The smallest absolute Gasteiger partial charge is 0.496 e. The number of benzene rings is 4. The third kappa shape index (κ3) is 6.66. The van der Waals surface area contributed by atoms with Gasteiger partial charge in [-0.3, -0.25) is 8.78 Å². The van der Waals surface area contributed by atoms with E-state index in [0.717, 1.165) is 16.7 Å². The molecule has 0 bridgehead atoms. The van der Waals surface area contributed by atoms with Gasteiger partial charge in [0.1, 0.15) is 48.6 Å². The second-order valence-electron chi connectivity index (χ2n) is 13.5. The third-order valence-corrected chi connectivity index (χ3v) is 9.32. The minimum Gasteiger partial charge on any atom is -0.497 e. The monoisotopic (exact) mass is 690 g/mol. The summed E-state index contributed by atoms with van der Waals surface area (Å²) < 4.78 is 89.4.